The lowest BCUT2D eigenvalue weighted by atomic mass is 10.2. The molecule has 2 heterocycles. The zero-order chi connectivity index (χ0) is 9.97. The van der Waals surface area contributed by atoms with Crippen molar-refractivity contribution in [2.75, 3.05) is 13.1 Å². The monoisotopic (exact) mass is 191 g/mol. The molecule has 0 saturated carbocycles. The largest absolute Gasteiger partial charge is 0.336 e. The van der Waals surface area contributed by atoms with E-state index in [0.717, 1.165) is 18.8 Å². The van der Waals surface area contributed by atoms with Gasteiger partial charge in [0.25, 0.3) is 0 Å². The molecule has 4 nitrogen and oxygen atoms in total. The van der Waals surface area contributed by atoms with Crippen molar-refractivity contribution in [1.29, 1.82) is 0 Å². The van der Waals surface area contributed by atoms with Crippen LogP contribution in [0.5, 0.6) is 0 Å². The molecular formula is C10H13N3O. The molecule has 14 heavy (non-hydrogen) atoms. The highest BCUT2D eigenvalue weighted by Crippen LogP contribution is 2.18. The molecular weight excluding hydrogens is 178 g/mol. The van der Waals surface area contributed by atoms with Gasteiger partial charge in [-0.25, -0.2) is 4.79 Å². The lowest BCUT2D eigenvalue weighted by molar-refractivity contribution is 0.201. The smallest absolute Gasteiger partial charge is 0.318 e. The summed E-state index contributed by atoms with van der Waals surface area (Å²) in [4.78, 5) is 17.4. The third-order valence-corrected chi connectivity index (χ3v) is 2.47. The third kappa shape index (κ3) is 1.55. The van der Waals surface area contributed by atoms with Crippen LogP contribution in [0.25, 0.3) is 0 Å². The Morgan fingerprint density at radius 1 is 1.57 bits per heavy atom. The summed E-state index contributed by atoms with van der Waals surface area (Å²) in [7, 11) is 0. The predicted octanol–water partition coefficient (Wildman–Crippen LogP) is 1.17. The average molecular weight is 191 g/mol. The molecule has 0 aliphatic carbocycles. The second-order valence-corrected chi connectivity index (χ2v) is 3.36. The molecule has 2 amide bonds. The molecule has 1 unspecified atom stereocenters. The van der Waals surface area contributed by atoms with Gasteiger partial charge in [-0.1, -0.05) is 6.07 Å². The minimum Gasteiger partial charge on any atom is -0.336 e. The first-order chi connectivity index (χ1) is 6.79. The van der Waals surface area contributed by atoms with E-state index < -0.39 is 0 Å². The lowest BCUT2D eigenvalue weighted by Crippen LogP contribution is -2.31. The Labute approximate surface area is 82.9 Å². The molecule has 1 aromatic heterocycles. The van der Waals surface area contributed by atoms with Gasteiger partial charge in [0.1, 0.15) is 0 Å². The number of rotatable bonds is 2. The Balaban J connectivity index is 2.16. The van der Waals surface area contributed by atoms with Crippen LogP contribution in [0.4, 0.5) is 4.79 Å². The Morgan fingerprint density at radius 3 is 3.00 bits per heavy atom. The molecule has 1 fully saturated rings. The number of hydrogen-bond donors (Lipinski definition) is 1. The molecule has 1 N–H and O–H groups in total. The number of carbonyl (C=O) groups excluding carboxylic acids is 1. The Bertz CT molecular complexity index is 325. The molecule has 1 aliphatic rings. The van der Waals surface area contributed by atoms with Gasteiger partial charge in [0.2, 0.25) is 0 Å². The van der Waals surface area contributed by atoms with Gasteiger partial charge in [-0.2, -0.15) is 0 Å². The molecule has 4 heteroatoms. The fourth-order valence-electron chi connectivity index (χ4n) is 1.64. The van der Waals surface area contributed by atoms with Crippen LogP contribution in [0.1, 0.15) is 18.7 Å². The fourth-order valence-corrected chi connectivity index (χ4v) is 1.64. The molecule has 0 radical (unpaired) electrons. The lowest BCUT2D eigenvalue weighted by Gasteiger charge is -2.22. The van der Waals surface area contributed by atoms with E-state index in [1.165, 1.54) is 0 Å². The maximum absolute atomic E-state index is 11.4. The summed E-state index contributed by atoms with van der Waals surface area (Å²) >= 11 is 0. The second kappa shape index (κ2) is 3.65. The summed E-state index contributed by atoms with van der Waals surface area (Å²) < 4.78 is 0. The maximum Gasteiger partial charge on any atom is 0.318 e. The Kier molecular flexibility index (Phi) is 2.35. The van der Waals surface area contributed by atoms with Gasteiger partial charge >= 0.3 is 6.03 Å². The zero-order valence-corrected chi connectivity index (χ0v) is 8.10. The molecule has 2 rings (SSSR count). The molecule has 0 bridgehead atoms. The van der Waals surface area contributed by atoms with Crippen LogP contribution in [0.3, 0.4) is 0 Å². The van der Waals surface area contributed by atoms with E-state index >= 15 is 0 Å². The van der Waals surface area contributed by atoms with Gasteiger partial charge in [0.05, 0.1) is 11.7 Å². The highest BCUT2D eigenvalue weighted by Gasteiger charge is 2.25. The molecule has 1 atom stereocenters. The van der Waals surface area contributed by atoms with Crippen molar-refractivity contribution in [1.82, 2.24) is 15.2 Å². The van der Waals surface area contributed by atoms with Crippen molar-refractivity contribution in [3.63, 3.8) is 0 Å². The van der Waals surface area contributed by atoms with Crippen molar-refractivity contribution in [2.24, 2.45) is 0 Å². The topological polar surface area (TPSA) is 45.2 Å². The van der Waals surface area contributed by atoms with E-state index in [1.54, 1.807) is 11.1 Å². The molecule has 1 saturated heterocycles. The SMILES string of the molecule is CC(c1ccccn1)N1CCNC1=O. The third-order valence-electron chi connectivity index (χ3n) is 2.47. The maximum atomic E-state index is 11.4. The van der Waals surface area contributed by atoms with Gasteiger partial charge in [0, 0.05) is 19.3 Å². The predicted molar refractivity (Wildman–Crippen MR) is 52.8 cm³/mol. The van der Waals surface area contributed by atoms with Crippen molar-refractivity contribution in [3.8, 4) is 0 Å². The first kappa shape index (κ1) is 8.99. The quantitative estimate of drug-likeness (QED) is 0.762. The minimum atomic E-state index is 0.00292. The van der Waals surface area contributed by atoms with Crippen LogP contribution in [0.2, 0.25) is 0 Å². The van der Waals surface area contributed by atoms with Crippen LogP contribution in [-0.2, 0) is 0 Å². The highest BCUT2D eigenvalue weighted by atomic mass is 16.2. The van der Waals surface area contributed by atoms with Crippen molar-refractivity contribution < 1.29 is 4.79 Å². The van der Waals surface area contributed by atoms with Gasteiger partial charge in [-0.3, -0.25) is 4.98 Å². The minimum absolute atomic E-state index is 0.00292. The number of nitrogens with one attached hydrogen (secondary N) is 1. The van der Waals surface area contributed by atoms with Crippen LogP contribution >= 0.6 is 0 Å². The summed E-state index contributed by atoms with van der Waals surface area (Å²) in [6.07, 6.45) is 1.75. The van der Waals surface area contributed by atoms with E-state index in [1.807, 2.05) is 25.1 Å². The van der Waals surface area contributed by atoms with Crippen LogP contribution in [0.15, 0.2) is 24.4 Å². The van der Waals surface area contributed by atoms with Crippen molar-refractivity contribution >= 4 is 6.03 Å². The van der Waals surface area contributed by atoms with E-state index in [2.05, 4.69) is 10.3 Å². The number of hydrogen-bond acceptors (Lipinski definition) is 2. The molecule has 1 aliphatic heterocycles. The average Bonchev–Trinajstić information content (AvgIpc) is 2.65. The number of nitrogens with zero attached hydrogens (tertiary/aromatic N) is 2. The van der Waals surface area contributed by atoms with Crippen LogP contribution in [0, 0.1) is 0 Å². The molecule has 74 valence electrons. The van der Waals surface area contributed by atoms with E-state index in [4.69, 9.17) is 0 Å². The normalized spacial score (nSPS) is 18.1. The van der Waals surface area contributed by atoms with Crippen molar-refractivity contribution in [3.05, 3.63) is 30.1 Å². The van der Waals surface area contributed by atoms with Gasteiger partial charge in [-0.15, -0.1) is 0 Å². The van der Waals surface area contributed by atoms with E-state index in [-0.39, 0.29) is 12.1 Å². The van der Waals surface area contributed by atoms with Crippen molar-refractivity contribution in [2.45, 2.75) is 13.0 Å². The second-order valence-electron chi connectivity index (χ2n) is 3.36. The van der Waals surface area contributed by atoms with E-state index in [0.29, 0.717) is 0 Å². The first-order valence-corrected chi connectivity index (χ1v) is 4.74. The van der Waals surface area contributed by atoms with Gasteiger partial charge < -0.3 is 10.2 Å². The van der Waals surface area contributed by atoms with Gasteiger partial charge in [0.15, 0.2) is 0 Å². The van der Waals surface area contributed by atoms with E-state index in [9.17, 15) is 4.79 Å². The number of carbonyl (C=O) groups is 1. The van der Waals surface area contributed by atoms with Gasteiger partial charge in [-0.05, 0) is 19.1 Å². The molecule has 0 aromatic carbocycles. The standard InChI is InChI=1S/C10H13N3O/c1-8(9-4-2-3-5-11-9)13-7-6-12-10(13)14/h2-5,8H,6-7H2,1H3,(H,12,14). The molecule has 0 spiro atoms. The Hall–Kier alpha value is -1.58. The summed E-state index contributed by atoms with van der Waals surface area (Å²) in [5.41, 5.74) is 0.935. The number of amides is 2. The fraction of sp³-hybridized carbons (Fsp3) is 0.400. The number of urea groups is 1. The number of aromatic nitrogens is 1. The summed E-state index contributed by atoms with van der Waals surface area (Å²) in [5.74, 6) is 0. The summed E-state index contributed by atoms with van der Waals surface area (Å²) in [6.45, 7) is 3.49. The highest BCUT2D eigenvalue weighted by molar-refractivity contribution is 5.76. The summed E-state index contributed by atoms with van der Waals surface area (Å²) in [6, 6.07) is 5.81. The van der Waals surface area contributed by atoms with Crippen LogP contribution in [-0.4, -0.2) is 29.0 Å². The first-order valence-electron chi connectivity index (χ1n) is 4.74. The molecule has 1 aromatic rings. The number of pyridine rings is 1. The van der Waals surface area contributed by atoms with Crippen LogP contribution < -0.4 is 5.32 Å². The zero-order valence-electron chi connectivity index (χ0n) is 8.10. The Morgan fingerprint density at radius 2 is 2.43 bits per heavy atom. The summed E-state index contributed by atoms with van der Waals surface area (Å²) in [5, 5.41) is 2.78.